The van der Waals surface area contributed by atoms with Crippen LogP contribution in [-0.4, -0.2) is 48.8 Å². The van der Waals surface area contributed by atoms with Crippen molar-refractivity contribution in [3.05, 3.63) is 65.0 Å². The van der Waals surface area contributed by atoms with Crippen molar-refractivity contribution < 1.29 is 23.8 Å². The molecule has 2 aromatic rings. The van der Waals surface area contributed by atoms with Crippen LogP contribution in [-0.2, 0) is 28.0 Å². The van der Waals surface area contributed by atoms with Gasteiger partial charge in [-0.25, -0.2) is 4.39 Å². The molecule has 5 rings (SSSR count). The molecule has 36 heavy (non-hydrogen) atoms. The number of fused-ring (bicyclic) bond motifs is 13. The standard InChI is InChI=1S/C28H36FN3O4/c1-2-19-6-5-7-21(14-19)28(11-12-28)31-17-24(33)23-16-20-9-10-25(22(29)15-20)36-13-4-3-8-26(34)30-18-27(35)32-23/h5-7,9-10,14-15,23-24,31,33H,2-4,8,11-13,16-18H2,1H3,(H,30,34)(H,32,35). The van der Waals surface area contributed by atoms with Crippen molar-refractivity contribution in [1.82, 2.24) is 16.0 Å². The summed E-state index contributed by atoms with van der Waals surface area (Å²) in [6, 6.07) is 12.5. The zero-order valence-corrected chi connectivity index (χ0v) is 20.8. The molecule has 2 unspecified atom stereocenters. The number of halogens is 1. The maximum atomic E-state index is 14.6. The van der Waals surface area contributed by atoms with E-state index < -0.39 is 23.9 Å². The molecule has 1 aliphatic carbocycles. The number of aryl methyl sites for hydroxylation is 1. The second-order valence-electron chi connectivity index (χ2n) is 9.81. The minimum atomic E-state index is -0.922. The molecular formula is C28H36FN3O4. The molecule has 0 saturated heterocycles. The van der Waals surface area contributed by atoms with Gasteiger partial charge >= 0.3 is 0 Å². The van der Waals surface area contributed by atoms with Gasteiger partial charge in [0.05, 0.1) is 25.3 Å². The van der Waals surface area contributed by atoms with E-state index in [4.69, 9.17) is 4.74 Å². The molecule has 2 aliphatic heterocycles. The summed E-state index contributed by atoms with van der Waals surface area (Å²) in [5, 5.41) is 20.1. The van der Waals surface area contributed by atoms with Crippen LogP contribution in [0.5, 0.6) is 5.75 Å². The number of aliphatic hydroxyl groups is 1. The van der Waals surface area contributed by atoms with E-state index in [2.05, 4.69) is 47.1 Å². The van der Waals surface area contributed by atoms with E-state index in [-0.39, 0.29) is 43.1 Å². The molecule has 8 heteroatoms. The Labute approximate surface area is 211 Å². The van der Waals surface area contributed by atoms with Gasteiger partial charge in [-0.3, -0.25) is 9.59 Å². The molecule has 2 bridgehead atoms. The van der Waals surface area contributed by atoms with Crippen molar-refractivity contribution in [3.63, 3.8) is 0 Å². The van der Waals surface area contributed by atoms with Gasteiger partial charge in [0.1, 0.15) is 0 Å². The highest BCUT2D eigenvalue weighted by atomic mass is 19.1. The van der Waals surface area contributed by atoms with E-state index in [1.165, 1.54) is 17.2 Å². The molecule has 2 amide bonds. The van der Waals surface area contributed by atoms with Crippen LogP contribution in [0.1, 0.15) is 55.7 Å². The van der Waals surface area contributed by atoms with Crippen molar-refractivity contribution in [1.29, 1.82) is 0 Å². The summed E-state index contributed by atoms with van der Waals surface area (Å²) >= 11 is 0. The van der Waals surface area contributed by atoms with Crippen molar-refractivity contribution in [2.24, 2.45) is 0 Å². The highest BCUT2D eigenvalue weighted by molar-refractivity contribution is 5.84. The first-order valence-corrected chi connectivity index (χ1v) is 12.9. The maximum absolute atomic E-state index is 14.6. The van der Waals surface area contributed by atoms with Gasteiger partial charge in [0.15, 0.2) is 11.6 Å². The van der Waals surface area contributed by atoms with Crippen LogP contribution in [0.3, 0.4) is 0 Å². The van der Waals surface area contributed by atoms with Gasteiger partial charge in [0.2, 0.25) is 11.8 Å². The van der Waals surface area contributed by atoms with E-state index >= 15 is 0 Å². The average molecular weight is 498 g/mol. The van der Waals surface area contributed by atoms with Crippen molar-refractivity contribution >= 4 is 11.8 Å². The molecule has 7 nitrogen and oxygen atoms in total. The lowest BCUT2D eigenvalue weighted by Gasteiger charge is -2.27. The van der Waals surface area contributed by atoms with Gasteiger partial charge in [-0.15, -0.1) is 0 Å². The Morgan fingerprint density at radius 2 is 2.00 bits per heavy atom. The van der Waals surface area contributed by atoms with Crippen LogP contribution in [0.25, 0.3) is 0 Å². The molecule has 3 aliphatic rings. The third-order valence-corrected chi connectivity index (χ3v) is 7.05. The molecule has 1 fully saturated rings. The highest BCUT2D eigenvalue weighted by Crippen LogP contribution is 2.45. The summed E-state index contributed by atoms with van der Waals surface area (Å²) in [6.45, 7) is 2.52. The van der Waals surface area contributed by atoms with E-state index in [1.807, 2.05) is 0 Å². The van der Waals surface area contributed by atoms with Gasteiger partial charge in [-0.1, -0.05) is 37.3 Å². The third-order valence-electron chi connectivity index (χ3n) is 7.05. The molecule has 0 spiro atoms. The first-order valence-electron chi connectivity index (χ1n) is 12.9. The normalized spacial score (nSPS) is 21.2. The number of hydrogen-bond acceptors (Lipinski definition) is 5. The Morgan fingerprint density at radius 3 is 2.75 bits per heavy atom. The number of aliphatic hydroxyl groups excluding tert-OH is 1. The molecule has 2 aromatic carbocycles. The number of nitrogens with one attached hydrogen (secondary N) is 3. The molecule has 1 saturated carbocycles. The molecule has 0 radical (unpaired) electrons. The van der Waals surface area contributed by atoms with Crippen LogP contribution in [0.2, 0.25) is 0 Å². The Bertz CT molecular complexity index is 1070. The molecule has 2 atom stereocenters. The highest BCUT2D eigenvalue weighted by Gasteiger charge is 2.44. The minimum absolute atomic E-state index is 0.156. The lowest BCUT2D eigenvalue weighted by Crippen LogP contribution is -2.52. The lowest BCUT2D eigenvalue weighted by atomic mass is 9.98. The van der Waals surface area contributed by atoms with Gasteiger partial charge in [0.25, 0.3) is 0 Å². The Balaban J connectivity index is 1.47. The van der Waals surface area contributed by atoms with Crippen LogP contribution in [0.4, 0.5) is 4.39 Å². The SMILES string of the molecule is CCc1cccc(C2(NCC(O)C3Cc4ccc(c(F)c4)OCCCCC(=O)NCC(=O)N3)CC2)c1. The second kappa shape index (κ2) is 11.8. The summed E-state index contributed by atoms with van der Waals surface area (Å²) in [5.41, 5.74) is 2.93. The smallest absolute Gasteiger partial charge is 0.239 e. The van der Waals surface area contributed by atoms with Gasteiger partial charge in [0, 0.05) is 18.5 Å². The van der Waals surface area contributed by atoms with E-state index in [0.29, 0.717) is 25.0 Å². The number of carbonyl (C=O) groups is 2. The second-order valence-corrected chi connectivity index (χ2v) is 9.81. The van der Waals surface area contributed by atoms with E-state index in [0.717, 1.165) is 19.3 Å². The fraction of sp³-hybridized carbons (Fsp3) is 0.500. The topological polar surface area (TPSA) is 99.7 Å². The number of benzene rings is 2. The summed E-state index contributed by atoms with van der Waals surface area (Å²) in [5.74, 6) is -0.946. The number of carbonyl (C=O) groups excluding carboxylic acids is 2. The number of hydrogen-bond donors (Lipinski definition) is 4. The zero-order chi connectivity index (χ0) is 25.5. The lowest BCUT2D eigenvalue weighted by molar-refractivity contribution is -0.127. The van der Waals surface area contributed by atoms with Gasteiger partial charge in [-0.2, -0.15) is 0 Å². The first-order chi connectivity index (χ1) is 17.4. The number of rotatable bonds is 6. The molecular weight excluding hydrogens is 461 g/mol. The fourth-order valence-electron chi connectivity index (χ4n) is 4.64. The molecule has 4 N–H and O–H groups in total. The average Bonchev–Trinajstić information content (AvgIpc) is 3.67. The molecule has 2 heterocycles. The summed E-state index contributed by atoms with van der Waals surface area (Å²) in [6.07, 6.45) is 3.65. The Hall–Kier alpha value is -2.97. The van der Waals surface area contributed by atoms with E-state index in [1.54, 1.807) is 12.1 Å². The number of amides is 2. The van der Waals surface area contributed by atoms with Gasteiger partial charge < -0.3 is 25.8 Å². The van der Waals surface area contributed by atoms with Crippen LogP contribution < -0.4 is 20.7 Å². The minimum Gasteiger partial charge on any atom is -0.491 e. The largest absolute Gasteiger partial charge is 0.491 e. The third kappa shape index (κ3) is 6.83. The summed E-state index contributed by atoms with van der Waals surface area (Å²) in [4.78, 5) is 24.6. The fourth-order valence-corrected chi connectivity index (χ4v) is 4.64. The monoisotopic (exact) mass is 497 g/mol. The first kappa shape index (κ1) is 26.1. The number of ether oxygens (including phenoxy) is 1. The van der Waals surface area contributed by atoms with Crippen LogP contribution in [0, 0.1) is 5.82 Å². The quantitative estimate of drug-likeness (QED) is 0.492. The summed E-state index contributed by atoms with van der Waals surface area (Å²) in [7, 11) is 0. The summed E-state index contributed by atoms with van der Waals surface area (Å²) < 4.78 is 20.1. The Kier molecular flexibility index (Phi) is 8.59. The predicted octanol–water partition coefficient (Wildman–Crippen LogP) is 2.73. The van der Waals surface area contributed by atoms with Crippen molar-refractivity contribution in [3.8, 4) is 5.75 Å². The predicted molar refractivity (Wildman–Crippen MR) is 135 cm³/mol. The zero-order valence-electron chi connectivity index (χ0n) is 20.8. The van der Waals surface area contributed by atoms with Gasteiger partial charge in [-0.05, 0) is 67.3 Å². The molecule has 0 aromatic heterocycles. The molecule has 194 valence electrons. The maximum Gasteiger partial charge on any atom is 0.239 e. The van der Waals surface area contributed by atoms with E-state index in [9.17, 15) is 19.1 Å². The van der Waals surface area contributed by atoms with Crippen molar-refractivity contribution in [2.45, 2.75) is 69.6 Å². The Morgan fingerprint density at radius 1 is 1.17 bits per heavy atom. The van der Waals surface area contributed by atoms with Crippen LogP contribution >= 0.6 is 0 Å². The van der Waals surface area contributed by atoms with Crippen molar-refractivity contribution in [2.75, 3.05) is 19.7 Å². The van der Waals surface area contributed by atoms with Crippen LogP contribution in [0.15, 0.2) is 42.5 Å².